The number of amides is 1. The largest absolute Gasteiger partial charge is 0.497 e. The molecule has 1 amide bonds. The lowest BCUT2D eigenvalue weighted by atomic mass is 10.0. The van der Waals surface area contributed by atoms with E-state index in [1.807, 2.05) is 19.1 Å². The fourth-order valence-corrected chi connectivity index (χ4v) is 2.65. The normalized spacial score (nSPS) is 10.8. The van der Waals surface area contributed by atoms with E-state index >= 15 is 0 Å². The summed E-state index contributed by atoms with van der Waals surface area (Å²) in [5.74, 6) is 0.902. The van der Waals surface area contributed by atoms with Crippen LogP contribution in [-0.4, -0.2) is 28.0 Å². The summed E-state index contributed by atoms with van der Waals surface area (Å²) in [5, 5.41) is 11.0. The van der Waals surface area contributed by atoms with Gasteiger partial charge in [0.25, 0.3) is 5.91 Å². The third kappa shape index (κ3) is 3.59. The molecule has 0 saturated carbocycles. The molecule has 0 bridgehead atoms. The first kappa shape index (κ1) is 17.7. The fraction of sp³-hybridized carbons (Fsp3) is 0.250. The van der Waals surface area contributed by atoms with Gasteiger partial charge in [0, 0.05) is 5.69 Å². The van der Waals surface area contributed by atoms with Crippen molar-refractivity contribution in [2.45, 2.75) is 26.7 Å². The lowest BCUT2D eigenvalue weighted by Crippen LogP contribution is -2.14. The Hall–Kier alpha value is -3.15. The first-order valence-corrected chi connectivity index (χ1v) is 8.47. The SMILES string of the molecule is COc1ccc(NC(=O)c2nnn(-c3ccc(C(C)C)cc3)c2C)cc1. The van der Waals surface area contributed by atoms with Gasteiger partial charge in [-0.1, -0.05) is 31.2 Å². The molecular weight excluding hydrogens is 328 g/mol. The van der Waals surface area contributed by atoms with Gasteiger partial charge >= 0.3 is 0 Å². The maximum atomic E-state index is 12.5. The van der Waals surface area contributed by atoms with Gasteiger partial charge in [-0.25, -0.2) is 4.68 Å². The molecule has 0 saturated heterocycles. The van der Waals surface area contributed by atoms with Crippen LogP contribution in [0.4, 0.5) is 5.69 Å². The number of nitrogens with one attached hydrogen (secondary N) is 1. The van der Waals surface area contributed by atoms with Gasteiger partial charge in [0.15, 0.2) is 5.69 Å². The molecule has 134 valence electrons. The lowest BCUT2D eigenvalue weighted by Gasteiger charge is -2.08. The number of nitrogens with zero attached hydrogens (tertiary/aromatic N) is 3. The van der Waals surface area contributed by atoms with Crippen LogP contribution in [0, 0.1) is 6.92 Å². The highest BCUT2D eigenvalue weighted by Crippen LogP contribution is 2.19. The number of methoxy groups -OCH3 is 1. The number of hydrogen-bond acceptors (Lipinski definition) is 4. The molecule has 3 aromatic rings. The van der Waals surface area contributed by atoms with E-state index in [9.17, 15) is 4.79 Å². The van der Waals surface area contributed by atoms with Gasteiger partial charge in [-0.2, -0.15) is 0 Å². The molecule has 0 unspecified atom stereocenters. The number of benzene rings is 2. The van der Waals surface area contributed by atoms with Crippen LogP contribution in [0.2, 0.25) is 0 Å². The highest BCUT2D eigenvalue weighted by atomic mass is 16.5. The number of ether oxygens (including phenoxy) is 1. The number of carbonyl (C=O) groups is 1. The molecule has 6 nitrogen and oxygen atoms in total. The summed E-state index contributed by atoms with van der Waals surface area (Å²) in [7, 11) is 1.60. The maximum absolute atomic E-state index is 12.5. The zero-order chi connectivity index (χ0) is 18.7. The second kappa shape index (κ2) is 7.39. The Kier molecular flexibility index (Phi) is 5.02. The van der Waals surface area contributed by atoms with Gasteiger partial charge in [0.05, 0.1) is 18.5 Å². The quantitative estimate of drug-likeness (QED) is 0.756. The standard InChI is InChI=1S/C20H22N4O2/c1-13(2)15-5-9-17(10-6-15)24-14(3)19(22-23-24)20(25)21-16-7-11-18(26-4)12-8-16/h5-13H,1-4H3,(H,21,25). The molecule has 1 N–H and O–H groups in total. The molecule has 1 aromatic heterocycles. The van der Waals surface area contributed by atoms with E-state index in [0.717, 1.165) is 11.4 Å². The summed E-state index contributed by atoms with van der Waals surface area (Å²) in [6, 6.07) is 15.2. The topological polar surface area (TPSA) is 69.0 Å². The van der Waals surface area contributed by atoms with Crippen molar-refractivity contribution >= 4 is 11.6 Å². The number of rotatable bonds is 5. The van der Waals surface area contributed by atoms with E-state index in [4.69, 9.17) is 4.74 Å². The Morgan fingerprint density at radius 2 is 1.73 bits per heavy atom. The average molecular weight is 350 g/mol. The zero-order valence-electron chi connectivity index (χ0n) is 15.4. The Labute approximate surface area is 152 Å². The molecule has 0 radical (unpaired) electrons. The van der Waals surface area contributed by atoms with Crippen LogP contribution in [0.25, 0.3) is 5.69 Å². The number of hydrogen-bond donors (Lipinski definition) is 1. The van der Waals surface area contributed by atoms with Gasteiger partial charge in [-0.3, -0.25) is 4.79 Å². The van der Waals surface area contributed by atoms with Gasteiger partial charge in [-0.05, 0) is 54.8 Å². The molecule has 1 heterocycles. The van der Waals surface area contributed by atoms with E-state index in [0.29, 0.717) is 23.0 Å². The second-order valence-corrected chi connectivity index (χ2v) is 6.36. The molecule has 0 aliphatic rings. The summed E-state index contributed by atoms with van der Waals surface area (Å²) in [6.45, 7) is 6.13. The first-order valence-electron chi connectivity index (χ1n) is 8.47. The third-order valence-electron chi connectivity index (χ3n) is 4.26. The zero-order valence-corrected chi connectivity index (χ0v) is 15.4. The van der Waals surface area contributed by atoms with Crippen LogP contribution in [0.5, 0.6) is 5.75 Å². The van der Waals surface area contributed by atoms with Gasteiger partial charge < -0.3 is 10.1 Å². The smallest absolute Gasteiger partial charge is 0.278 e. The molecule has 2 aromatic carbocycles. The van der Waals surface area contributed by atoms with Crippen molar-refractivity contribution in [3.05, 3.63) is 65.5 Å². The van der Waals surface area contributed by atoms with Crippen LogP contribution in [-0.2, 0) is 0 Å². The lowest BCUT2D eigenvalue weighted by molar-refractivity contribution is 0.102. The minimum atomic E-state index is -0.294. The van der Waals surface area contributed by atoms with Crippen LogP contribution in [0.1, 0.15) is 41.5 Å². The first-order chi connectivity index (χ1) is 12.5. The molecule has 0 fully saturated rings. The van der Waals surface area contributed by atoms with E-state index in [-0.39, 0.29) is 5.91 Å². The molecule has 6 heteroatoms. The van der Waals surface area contributed by atoms with E-state index < -0.39 is 0 Å². The number of aromatic nitrogens is 3. The predicted molar refractivity (Wildman–Crippen MR) is 101 cm³/mol. The van der Waals surface area contributed by atoms with Crippen LogP contribution in [0.15, 0.2) is 48.5 Å². The van der Waals surface area contributed by atoms with Gasteiger partial charge in [0.1, 0.15) is 5.75 Å². The highest BCUT2D eigenvalue weighted by molar-refractivity contribution is 6.03. The van der Waals surface area contributed by atoms with Crippen LogP contribution in [0.3, 0.4) is 0 Å². The fourth-order valence-electron chi connectivity index (χ4n) is 2.65. The Bertz CT molecular complexity index is 897. The molecule has 3 rings (SSSR count). The summed E-state index contributed by atoms with van der Waals surface area (Å²) < 4.78 is 6.79. The summed E-state index contributed by atoms with van der Waals surface area (Å²) in [5.41, 5.74) is 3.79. The van der Waals surface area contributed by atoms with Crippen molar-refractivity contribution in [3.8, 4) is 11.4 Å². The Morgan fingerprint density at radius 1 is 1.08 bits per heavy atom. The van der Waals surface area contributed by atoms with Crippen molar-refractivity contribution in [1.29, 1.82) is 0 Å². The Morgan fingerprint density at radius 3 is 2.31 bits per heavy atom. The highest BCUT2D eigenvalue weighted by Gasteiger charge is 2.17. The number of anilines is 1. The monoisotopic (exact) mass is 350 g/mol. The van der Waals surface area contributed by atoms with Gasteiger partial charge in [0.2, 0.25) is 0 Å². The van der Waals surface area contributed by atoms with E-state index in [1.165, 1.54) is 5.56 Å². The van der Waals surface area contributed by atoms with Crippen LogP contribution >= 0.6 is 0 Å². The van der Waals surface area contributed by atoms with Crippen molar-refractivity contribution < 1.29 is 9.53 Å². The maximum Gasteiger partial charge on any atom is 0.278 e. The van der Waals surface area contributed by atoms with Crippen molar-refractivity contribution in [1.82, 2.24) is 15.0 Å². The molecule has 26 heavy (non-hydrogen) atoms. The minimum Gasteiger partial charge on any atom is -0.497 e. The molecule has 0 aliphatic carbocycles. The molecule has 0 spiro atoms. The second-order valence-electron chi connectivity index (χ2n) is 6.36. The molecule has 0 aliphatic heterocycles. The minimum absolute atomic E-state index is 0.294. The average Bonchev–Trinajstić information content (AvgIpc) is 3.04. The Balaban J connectivity index is 1.80. The van der Waals surface area contributed by atoms with Gasteiger partial charge in [-0.15, -0.1) is 5.10 Å². The van der Waals surface area contributed by atoms with E-state index in [2.05, 4.69) is 41.6 Å². The summed E-state index contributed by atoms with van der Waals surface area (Å²) in [6.07, 6.45) is 0. The van der Waals surface area contributed by atoms with Crippen molar-refractivity contribution in [2.24, 2.45) is 0 Å². The summed E-state index contributed by atoms with van der Waals surface area (Å²) in [4.78, 5) is 12.5. The van der Waals surface area contributed by atoms with Crippen molar-refractivity contribution in [2.75, 3.05) is 12.4 Å². The third-order valence-corrected chi connectivity index (χ3v) is 4.26. The number of carbonyl (C=O) groups excluding carboxylic acids is 1. The predicted octanol–water partition coefficient (Wildman–Crippen LogP) is 3.96. The van der Waals surface area contributed by atoms with E-state index in [1.54, 1.807) is 36.1 Å². The van der Waals surface area contributed by atoms with Crippen LogP contribution < -0.4 is 10.1 Å². The molecular formula is C20H22N4O2. The summed E-state index contributed by atoms with van der Waals surface area (Å²) >= 11 is 0. The molecule has 0 atom stereocenters. The van der Waals surface area contributed by atoms with Crippen molar-refractivity contribution in [3.63, 3.8) is 0 Å².